The van der Waals surface area contributed by atoms with E-state index in [2.05, 4.69) is 9.88 Å². The Morgan fingerprint density at radius 1 is 1.27 bits per heavy atom. The highest BCUT2D eigenvalue weighted by Crippen LogP contribution is 2.22. The summed E-state index contributed by atoms with van der Waals surface area (Å²) in [5.74, 6) is -1.47. The van der Waals surface area contributed by atoms with Gasteiger partial charge < -0.3 is 20.5 Å². The van der Waals surface area contributed by atoms with Crippen LogP contribution in [0.1, 0.15) is 25.0 Å². The summed E-state index contributed by atoms with van der Waals surface area (Å²) in [6, 6.07) is 6.89. The van der Waals surface area contributed by atoms with Gasteiger partial charge in [0.05, 0.1) is 5.02 Å². The number of nitrogens with zero attached hydrogens (tertiary/aromatic N) is 3. The Hall–Kier alpha value is -2.75. The molecule has 0 radical (unpaired) electrons. The number of carbonyl (C=O) groups excluding carboxylic acids is 1. The number of nitrogens with two attached hydrogens (primary N) is 1. The number of carboxylic acids is 1. The molecule has 178 valence electrons. The summed E-state index contributed by atoms with van der Waals surface area (Å²) >= 11 is 5.97. The van der Waals surface area contributed by atoms with Gasteiger partial charge in [0, 0.05) is 49.9 Å². The SMILES string of the molecule is C[C@@H]1CN(Cc2ccc(F)cc2)[C@@H](C)CN1C(=O)COc1ncc(Cl)cc1CC(N)C(=O)O. The number of pyridine rings is 1. The molecular weight excluding hydrogens is 451 g/mol. The van der Waals surface area contributed by atoms with Gasteiger partial charge >= 0.3 is 5.97 Å². The number of ether oxygens (including phenoxy) is 1. The smallest absolute Gasteiger partial charge is 0.320 e. The number of carbonyl (C=O) groups is 2. The third-order valence-electron chi connectivity index (χ3n) is 5.72. The number of halogens is 2. The number of amides is 1. The summed E-state index contributed by atoms with van der Waals surface area (Å²) in [6.07, 6.45) is 1.35. The number of piperazine rings is 1. The minimum Gasteiger partial charge on any atom is -0.480 e. The third-order valence-corrected chi connectivity index (χ3v) is 5.92. The fourth-order valence-electron chi connectivity index (χ4n) is 3.87. The summed E-state index contributed by atoms with van der Waals surface area (Å²) in [5.41, 5.74) is 7.07. The first kappa shape index (κ1) is 24.9. The number of hydrogen-bond acceptors (Lipinski definition) is 6. The molecule has 8 nitrogen and oxygen atoms in total. The van der Waals surface area contributed by atoms with Gasteiger partial charge in [-0.3, -0.25) is 14.5 Å². The molecular formula is C23H28ClFN4O4. The second kappa shape index (κ2) is 10.9. The van der Waals surface area contributed by atoms with Gasteiger partial charge in [-0.2, -0.15) is 0 Å². The van der Waals surface area contributed by atoms with E-state index in [0.717, 1.165) is 5.56 Å². The lowest BCUT2D eigenvalue weighted by molar-refractivity contribution is -0.140. The predicted octanol–water partition coefficient (Wildman–Crippen LogP) is 2.33. The van der Waals surface area contributed by atoms with Crippen molar-refractivity contribution in [3.8, 4) is 5.88 Å². The molecule has 0 aliphatic carbocycles. The van der Waals surface area contributed by atoms with Gasteiger partial charge in [0.15, 0.2) is 6.61 Å². The quantitative estimate of drug-likeness (QED) is 0.599. The van der Waals surface area contributed by atoms with E-state index in [1.165, 1.54) is 24.4 Å². The van der Waals surface area contributed by atoms with Crippen LogP contribution in [-0.2, 0) is 22.6 Å². The van der Waals surface area contributed by atoms with Crippen LogP contribution in [0, 0.1) is 5.82 Å². The fourth-order valence-corrected chi connectivity index (χ4v) is 4.05. The molecule has 2 heterocycles. The average Bonchev–Trinajstić information content (AvgIpc) is 2.76. The normalized spacial score (nSPS) is 19.8. The highest BCUT2D eigenvalue weighted by atomic mass is 35.5. The number of carboxylic acid groups (broad SMARTS) is 1. The molecule has 1 aliphatic rings. The number of rotatable bonds is 8. The molecule has 3 rings (SSSR count). The van der Waals surface area contributed by atoms with Gasteiger partial charge in [-0.05, 0) is 37.6 Å². The predicted molar refractivity (Wildman–Crippen MR) is 122 cm³/mol. The Balaban J connectivity index is 1.60. The van der Waals surface area contributed by atoms with E-state index in [4.69, 9.17) is 27.2 Å². The van der Waals surface area contributed by atoms with Crippen molar-refractivity contribution in [1.82, 2.24) is 14.8 Å². The lowest BCUT2D eigenvalue weighted by Gasteiger charge is -2.44. The Bertz CT molecular complexity index is 991. The van der Waals surface area contributed by atoms with Crippen LogP contribution in [0.2, 0.25) is 5.02 Å². The van der Waals surface area contributed by atoms with E-state index in [1.54, 1.807) is 17.0 Å². The highest BCUT2D eigenvalue weighted by Gasteiger charge is 2.32. The Kier molecular flexibility index (Phi) is 8.23. The van der Waals surface area contributed by atoms with E-state index in [0.29, 0.717) is 30.2 Å². The largest absolute Gasteiger partial charge is 0.480 e. The van der Waals surface area contributed by atoms with E-state index >= 15 is 0 Å². The van der Waals surface area contributed by atoms with Crippen LogP contribution in [0.5, 0.6) is 5.88 Å². The van der Waals surface area contributed by atoms with Gasteiger partial charge in [-0.1, -0.05) is 23.7 Å². The number of benzene rings is 1. The lowest BCUT2D eigenvalue weighted by Crippen LogP contribution is -2.58. The van der Waals surface area contributed by atoms with Crippen LogP contribution in [0.15, 0.2) is 36.5 Å². The molecule has 1 aliphatic heterocycles. The van der Waals surface area contributed by atoms with Gasteiger partial charge in [-0.25, -0.2) is 9.37 Å². The third kappa shape index (κ3) is 6.63. The van der Waals surface area contributed by atoms with E-state index < -0.39 is 12.0 Å². The van der Waals surface area contributed by atoms with Crippen LogP contribution in [0.3, 0.4) is 0 Å². The van der Waals surface area contributed by atoms with Gasteiger partial charge in [0.1, 0.15) is 11.9 Å². The zero-order chi connectivity index (χ0) is 24.1. The van der Waals surface area contributed by atoms with Gasteiger partial charge in [0.25, 0.3) is 5.91 Å². The molecule has 10 heteroatoms. The van der Waals surface area contributed by atoms with Crippen LogP contribution in [-0.4, -0.2) is 69.6 Å². The van der Waals surface area contributed by atoms with Crippen LogP contribution < -0.4 is 10.5 Å². The molecule has 1 saturated heterocycles. The first-order valence-corrected chi connectivity index (χ1v) is 11.1. The summed E-state index contributed by atoms with van der Waals surface area (Å²) in [6.45, 7) is 5.64. The summed E-state index contributed by atoms with van der Waals surface area (Å²) < 4.78 is 18.8. The van der Waals surface area contributed by atoms with E-state index in [1.807, 2.05) is 13.8 Å². The second-order valence-electron chi connectivity index (χ2n) is 8.36. The van der Waals surface area contributed by atoms with Crippen LogP contribution in [0.4, 0.5) is 4.39 Å². The number of aromatic nitrogens is 1. The maximum atomic E-state index is 13.2. The van der Waals surface area contributed by atoms with Gasteiger partial charge in [-0.15, -0.1) is 0 Å². The van der Waals surface area contributed by atoms with Crippen molar-refractivity contribution in [3.63, 3.8) is 0 Å². The standard InChI is InChI=1S/C23H28ClFN4O4/c1-14-11-29(15(2)10-28(14)12-16-3-5-19(25)6-4-16)21(30)13-33-22-17(7-18(24)9-27-22)8-20(26)23(31)32/h3-7,9,14-15,20H,8,10-13,26H2,1-2H3,(H,31,32)/t14-,15+,20?/m0/s1. The molecule has 3 N–H and O–H groups in total. The molecule has 33 heavy (non-hydrogen) atoms. The van der Waals surface area contributed by atoms with Crippen molar-refractivity contribution in [3.05, 3.63) is 58.5 Å². The number of hydrogen-bond donors (Lipinski definition) is 2. The average molecular weight is 479 g/mol. The van der Waals surface area contributed by atoms with Gasteiger partial charge in [0.2, 0.25) is 5.88 Å². The fraction of sp³-hybridized carbons (Fsp3) is 0.435. The van der Waals surface area contributed by atoms with Crippen molar-refractivity contribution in [2.75, 3.05) is 19.7 Å². The molecule has 1 aromatic heterocycles. The van der Waals surface area contributed by atoms with Crippen LogP contribution >= 0.6 is 11.6 Å². The molecule has 0 spiro atoms. The minimum absolute atomic E-state index is 0.0259. The van der Waals surface area contributed by atoms with E-state index in [9.17, 15) is 14.0 Å². The topological polar surface area (TPSA) is 109 Å². The molecule has 1 unspecified atom stereocenters. The zero-order valence-corrected chi connectivity index (χ0v) is 19.3. The highest BCUT2D eigenvalue weighted by molar-refractivity contribution is 6.30. The van der Waals surface area contributed by atoms with Crippen LogP contribution in [0.25, 0.3) is 0 Å². The number of aliphatic carboxylic acids is 1. The Morgan fingerprint density at radius 3 is 2.64 bits per heavy atom. The molecule has 1 aromatic carbocycles. The monoisotopic (exact) mass is 478 g/mol. The first-order valence-electron chi connectivity index (χ1n) is 10.7. The summed E-state index contributed by atoms with van der Waals surface area (Å²) in [7, 11) is 0. The summed E-state index contributed by atoms with van der Waals surface area (Å²) in [5, 5.41) is 9.39. The van der Waals surface area contributed by atoms with Crippen molar-refractivity contribution in [2.24, 2.45) is 5.73 Å². The minimum atomic E-state index is -1.15. The molecule has 1 amide bonds. The van der Waals surface area contributed by atoms with Crippen molar-refractivity contribution in [2.45, 2.75) is 44.9 Å². The molecule has 1 fully saturated rings. The van der Waals surface area contributed by atoms with Crippen molar-refractivity contribution >= 4 is 23.5 Å². The van der Waals surface area contributed by atoms with Crippen molar-refractivity contribution in [1.29, 1.82) is 0 Å². The maximum absolute atomic E-state index is 13.2. The second-order valence-corrected chi connectivity index (χ2v) is 8.79. The summed E-state index contributed by atoms with van der Waals surface area (Å²) in [4.78, 5) is 32.1. The Labute approximate surface area is 197 Å². The first-order chi connectivity index (χ1) is 15.6. The zero-order valence-electron chi connectivity index (χ0n) is 18.6. The molecule has 0 bridgehead atoms. The van der Waals surface area contributed by atoms with E-state index in [-0.39, 0.29) is 42.7 Å². The van der Waals surface area contributed by atoms with Crippen molar-refractivity contribution < 1.29 is 23.8 Å². The Morgan fingerprint density at radius 2 is 1.97 bits per heavy atom. The molecule has 3 atom stereocenters. The lowest BCUT2D eigenvalue weighted by atomic mass is 10.1. The molecule has 0 saturated carbocycles. The molecule has 2 aromatic rings. The maximum Gasteiger partial charge on any atom is 0.320 e.